The van der Waals surface area contributed by atoms with E-state index in [4.69, 9.17) is 9.26 Å². The van der Waals surface area contributed by atoms with Crippen molar-refractivity contribution in [2.45, 2.75) is 39.7 Å². The number of hydrogen-bond acceptors (Lipinski definition) is 6. The lowest BCUT2D eigenvalue weighted by molar-refractivity contribution is -0.132. The lowest BCUT2D eigenvalue weighted by atomic mass is 9.94. The van der Waals surface area contributed by atoms with E-state index in [1.165, 1.54) is 4.90 Å². The summed E-state index contributed by atoms with van der Waals surface area (Å²) in [6.45, 7) is 6.36. The molecule has 1 aliphatic rings. The van der Waals surface area contributed by atoms with Crippen molar-refractivity contribution >= 4 is 23.3 Å². The van der Waals surface area contributed by atoms with Gasteiger partial charge in [0.05, 0.1) is 18.2 Å². The Hall–Kier alpha value is -3.87. The summed E-state index contributed by atoms with van der Waals surface area (Å²) in [6.07, 6.45) is 1.74. The molecule has 1 fully saturated rings. The topological polar surface area (TPSA) is 92.9 Å². The van der Waals surface area contributed by atoms with Gasteiger partial charge in [-0.15, -0.1) is 0 Å². The van der Waals surface area contributed by atoms with E-state index in [1.807, 2.05) is 38.1 Å². The zero-order valence-corrected chi connectivity index (χ0v) is 18.9. The lowest BCUT2D eigenvalue weighted by Gasteiger charge is -2.23. The van der Waals surface area contributed by atoms with Gasteiger partial charge in [0.15, 0.2) is 5.82 Å². The van der Waals surface area contributed by atoms with Crippen LogP contribution in [0.1, 0.15) is 48.8 Å². The van der Waals surface area contributed by atoms with Gasteiger partial charge in [-0.3, -0.25) is 14.5 Å². The molecular weight excluding hydrogens is 420 g/mol. The molecule has 170 valence electrons. The first kappa shape index (κ1) is 22.3. The Balaban J connectivity index is 1.83. The Morgan fingerprint density at radius 3 is 2.36 bits per heavy atom. The zero-order valence-electron chi connectivity index (χ0n) is 18.9. The van der Waals surface area contributed by atoms with Crippen LogP contribution in [0.2, 0.25) is 0 Å². The van der Waals surface area contributed by atoms with E-state index < -0.39 is 17.7 Å². The highest BCUT2D eigenvalue weighted by Gasteiger charge is 2.48. The van der Waals surface area contributed by atoms with E-state index in [0.29, 0.717) is 29.2 Å². The molecule has 1 atom stereocenters. The van der Waals surface area contributed by atoms with Crippen LogP contribution < -0.4 is 9.64 Å². The average Bonchev–Trinajstić information content (AvgIpc) is 3.38. The van der Waals surface area contributed by atoms with Crippen LogP contribution in [0.3, 0.4) is 0 Å². The molecule has 0 saturated carbocycles. The largest absolute Gasteiger partial charge is 0.507 e. The fourth-order valence-electron chi connectivity index (χ4n) is 3.87. The number of Topliss-reactive ketones (excluding diaryl/α,β-unsaturated/α-hetero) is 1. The molecule has 0 aliphatic carbocycles. The second-order valence-electron chi connectivity index (χ2n) is 7.93. The quantitative estimate of drug-likeness (QED) is 0.313. The van der Waals surface area contributed by atoms with Crippen molar-refractivity contribution in [3.63, 3.8) is 0 Å². The van der Waals surface area contributed by atoms with Crippen LogP contribution in [0.15, 0.2) is 64.7 Å². The summed E-state index contributed by atoms with van der Waals surface area (Å²) in [5.41, 5.74) is 2.24. The molecule has 1 unspecified atom stereocenters. The minimum Gasteiger partial charge on any atom is -0.507 e. The molecule has 2 aromatic carbocycles. The molecule has 1 saturated heterocycles. The molecular formula is C26H26N2O5. The van der Waals surface area contributed by atoms with Crippen molar-refractivity contribution in [2.75, 3.05) is 11.5 Å². The molecule has 1 aromatic heterocycles. The molecule has 3 aromatic rings. The number of ketones is 1. The van der Waals surface area contributed by atoms with Crippen molar-refractivity contribution < 1.29 is 24.0 Å². The van der Waals surface area contributed by atoms with E-state index in [9.17, 15) is 14.7 Å². The maximum atomic E-state index is 13.1. The summed E-state index contributed by atoms with van der Waals surface area (Å²) >= 11 is 0. The highest BCUT2D eigenvalue weighted by Crippen LogP contribution is 2.42. The van der Waals surface area contributed by atoms with Crippen LogP contribution in [-0.4, -0.2) is 28.6 Å². The number of aromatic nitrogens is 1. The number of nitrogens with zero attached hydrogens (tertiary/aromatic N) is 2. The Labute approximate surface area is 192 Å². The summed E-state index contributed by atoms with van der Waals surface area (Å²) in [5.74, 6) is -0.390. The van der Waals surface area contributed by atoms with Crippen molar-refractivity contribution in [3.05, 3.63) is 82.6 Å². The Bertz CT molecular complexity index is 1190. The van der Waals surface area contributed by atoms with Gasteiger partial charge < -0.3 is 14.4 Å². The molecule has 1 amide bonds. The molecule has 0 bridgehead atoms. The number of benzene rings is 2. The molecule has 1 N–H and O–H groups in total. The minimum atomic E-state index is -0.837. The number of aliphatic hydroxyl groups excluding tert-OH is 1. The maximum absolute atomic E-state index is 13.1. The predicted molar refractivity (Wildman–Crippen MR) is 124 cm³/mol. The molecule has 1 aliphatic heterocycles. The number of hydrogen-bond donors (Lipinski definition) is 1. The second-order valence-corrected chi connectivity index (χ2v) is 7.93. The normalized spacial score (nSPS) is 17.5. The number of aliphatic hydroxyl groups is 1. The van der Waals surface area contributed by atoms with E-state index >= 15 is 0 Å². The number of amides is 1. The minimum absolute atomic E-state index is 0.00660. The van der Waals surface area contributed by atoms with Gasteiger partial charge in [-0.2, -0.15) is 0 Å². The van der Waals surface area contributed by atoms with Gasteiger partial charge in [0.1, 0.15) is 17.3 Å². The molecule has 0 radical (unpaired) electrons. The number of ether oxygens (including phenoxy) is 1. The van der Waals surface area contributed by atoms with Gasteiger partial charge >= 0.3 is 5.91 Å². The first-order valence-corrected chi connectivity index (χ1v) is 11.0. The fourth-order valence-corrected chi connectivity index (χ4v) is 3.87. The number of carbonyl (C=O) groups is 2. The lowest BCUT2D eigenvalue weighted by Crippen LogP contribution is -2.29. The molecule has 7 nitrogen and oxygen atoms in total. The van der Waals surface area contributed by atoms with Crippen molar-refractivity contribution in [3.8, 4) is 5.75 Å². The first-order chi connectivity index (χ1) is 15.9. The summed E-state index contributed by atoms with van der Waals surface area (Å²) in [6, 6.07) is 15.2. The molecule has 0 spiro atoms. The number of anilines is 1. The van der Waals surface area contributed by atoms with Gasteiger partial charge in [0.25, 0.3) is 5.78 Å². The van der Waals surface area contributed by atoms with Crippen LogP contribution in [-0.2, 0) is 16.0 Å². The standard InChI is InChI=1S/C26H26N2O5/c1-4-14-32-20-12-10-19(11-13-20)24(29)22-23(18-8-6-17(5-2)7-9-18)28(26(31)25(22)30)21-15-16(3)33-27-21/h6-13,15,23,29H,4-5,14H2,1-3H3/b24-22-. The Kier molecular flexibility index (Phi) is 6.31. The summed E-state index contributed by atoms with van der Waals surface area (Å²) in [5, 5.41) is 15.1. The molecule has 2 heterocycles. The summed E-state index contributed by atoms with van der Waals surface area (Å²) in [7, 11) is 0. The van der Waals surface area contributed by atoms with Crippen LogP contribution >= 0.6 is 0 Å². The van der Waals surface area contributed by atoms with Crippen molar-refractivity contribution in [1.29, 1.82) is 0 Å². The van der Waals surface area contributed by atoms with Gasteiger partial charge in [-0.25, -0.2) is 0 Å². The monoisotopic (exact) mass is 446 g/mol. The smallest absolute Gasteiger partial charge is 0.301 e. The molecule has 7 heteroatoms. The van der Waals surface area contributed by atoms with E-state index in [2.05, 4.69) is 5.16 Å². The zero-order chi connectivity index (χ0) is 23.5. The van der Waals surface area contributed by atoms with Crippen LogP contribution in [0.5, 0.6) is 5.75 Å². The predicted octanol–water partition coefficient (Wildman–Crippen LogP) is 4.96. The highest BCUT2D eigenvalue weighted by atomic mass is 16.5. The van der Waals surface area contributed by atoms with Crippen LogP contribution in [0.25, 0.3) is 5.76 Å². The van der Waals surface area contributed by atoms with E-state index in [-0.39, 0.29) is 17.2 Å². The maximum Gasteiger partial charge on any atom is 0.301 e. The Morgan fingerprint density at radius 2 is 1.79 bits per heavy atom. The molecule has 4 rings (SSSR count). The van der Waals surface area contributed by atoms with Gasteiger partial charge in [-0.05, 0) is 55.2 Å². The van der Waals surface area contributed by atoms with Crippen molar-refractivity contribution in [2.24, 2.45) is 0 Å². The highest BCUT2D eigenvalue weighted by molar-refractivity contribution is 6.51. The van der Waals surface area contributed by atoms with E-state index in [0.717, 1.165) is 18.4 Å². The number of aryl methyl sites for hydroxylation is 2. The van der Waals surface area contributed by atoms with Gasteiger partial charge in [0, 0.05) is 11.6 Å². The molecule has 33 heavy (non-hydrogen) atoms. The fraction of sp³-hybridized carbons (Fsp3) is 0.269. The number of carbonyl (C=O) groups excluding carboxylic acids is 2. The third kappa shape index (κ3) is 4.26. The van der Waals surface area contributed by atoms with E-state index in [1.54, 1.807) is 37.3 Å². The van der Waals surface area contributed by atoms with Crippen LogP contribution in [0.4, 0.5) is 5.82 Å². The number of rotatable bonds is 7. The average molecular weight is 447 g/mol. The Morgan fingerprint density at radius 1 is 1.09 bits per heavy atom. The third-order valence-electron chi connectivity index (χ3n) is 5.61. The first-order valence-electron chi connectivity index (χ1n) is 11.0. The summed E-state index contributed by atoms with van der Waals surface area (Å²) < 4.78 is 10.8. The van der Waals surface area contributed by atoms with Crippen molar-refractivity contribution in [1.82, 2.24) is 5.16 Å². The third-order valence-corrected chi connectivity index (χ3v) is 5.61. The van der Waals surface area contributed by atoms with Gasteiger partial charge in [0.2, 0.25) is 0 Å². The van der Waals surface area contributed by atoms with Crippen LogP contribution in [0, 0.1) is 6.92 Å². The van der Waals surface area contributed by atoms with Gasteiger partial charge in [-0.1, -0.05) is 43.3 Å². The SMILES string of the molecule is CCCOc1ccc(/C(O)=C2/C(=O)C(=O)N(c3cc(C)on3)C2c2ccc(CC)cc2)cc1. The summed E-state index contributed by atoms with van der Waals surface area (Å²) in [4.78, 5) is 27.5. The second kappa shape index (κ2) is 9.32.